The monoisotopic (exact) mass is 345 g/mol. The summed E-state index contributed by atoms with van der Waals surface area (Å²) in [5.74, 6) is 0. The summed E-state index contributed by atoms with van der Waals surface area (Å²) in [6, 6.07) is 7.09. The van der Waals surface area contributed by atoms with Crippen molar-refractivity contribution in [2.45, 2.75) is 23.6 Å². The average Bonchev–Trinajstić information content (AvgIpc) is 2.25. The van der Waals surface area contributed by atoms with E-state index in [4.69, 9.17) is 0 Å². The molecule has 0 aromatic heterocycles. The average molecular weight is 345 g/mol. The van der Waals surface area contributed by atoms with Gasteiger partial charge in [0.05, 0.1) is 6.42 Å². The highest BCUT2D eigenvalue weighted by atomic mass is 32.3. The minimum absolute atomic E-state index is 0.0189. The van der Waals surface area contributed by atoms with Crippen molar-refractivity contribution in [2.24, 2.45) is 0 Å². The molecule has 1 N–H and O–H groups in total. The Morgan fingerprint density at radius 2 is 1.52 bits per heavy atom. The molecule has 0 amide bonds. The SMILES string of the molecule is CC(CC(F)(F)F)(S(C)(=O)=O)S(=O)(=O)Nc1ccccc1. The molecule has 10 heteroatoms. The summed E-state index contributed by atoms with van der Waals surface area (Å²) >= 11 is 0. The fourth-order valence-corrected chi connectivity index (χ4v) is 4.72. The second kappa shape index (κ2) is 5.48. The second-order valence-corrected chi connectivity index (χ2v) is 9.49. The predicted octanol–water partition coefficient (Wildman–Crippen LogP) is 2.14. The van der Waals surface area contributed by atoms with Gasteiger partial charge < -0.3 is 0 Å². The molecule has 1 rings (SSSR count). The van der Waals surface area contributed by atoms with E-state index in [9.17, 15) is 30.0 Å². The lowest BCUT2D eigenvalue weighted by Crippen LogP contribution is -2.49. The van der Waals surface area contributed by atoms with Crippen LogP contribution in [0.1, 0.15) is 13.3 Å². The molecule has 1 unspecified atom stereocenters. The van der Waals surface area contributed by atoms with Crippen molar-refractivity contribution in [1.29, 1.82) is 0 Å². The highest BCUT2D eigenvalue weighted by Gasteiger charge is 2.55. The van der Waals surface area contributed by atoms with E-state index < -0.39 is 36.5 Å². The van der Waals surface area contributed by atoms with Crippen molar-refractivity contribution in [2.75, 3.05) is 11.0 Å². The fourth-order valence-electron chi connectivity index (χ4n) is 1.56. The van der Waals surface area contributed by atoms with Crippen LogP contribution in [-0.4, -0.2) is 33.3 Å². The highest BCUT2D eigenvalue weighted by Crippen LogP contribution is 2.37. The first kappa shape index (κ1) is 17.8. The molecule has 0 bridgehead atoms. The van der Waals surface area contributed by atoms with Crippen LogP contribution in [0.4, 0.5) is 18.9 Å². The van der Waals surface area contributed by atoms with Crippen molar-refractivity contribution >= 4 is 25.5 Å². The first-order chi connectivity index (χ1) is 9.29. The van der Waals surface area contributed by atoms with E-state index in [-0.39, 0.29) is 5.69 Å². The van der Waals surface area contributed by atoms with Gasteiger partial charge >= 0.3 is 6.18 Å². The summed E-state index contributed by atoms with van der Waals surface area (Å²) < 4.78 is 84.3. The normalized spacial score (nSPS) is 16.2. The van der Waals surface area contributed by atoms with Crippen molar-refractivity contribution in [3.63, 3.8) is 0 Å². The van der Waals surface area contributed by atoms with Gasteiger partial charge in [-0.3, -0.25) is 4.72 Å². The third-order valence-corrected chi connectivity index (χ3v) is 7.97. The van der Waals surface area contributed by atoms with Gasteiger partial charge in [0, 0.05) is 11.9 Å². The highest BCUT2D eigenvalue weighted by molar-refractivity contribution is 8.10. The molecule has 1 aromatic carbocycles. The van der Waals surface area contributed by atoms with E-state index in [2.05, 4.69) is 0 Å². The largest absolute Gasteiger partial charge is 0.391 e. The Balaban J connectivity index is 3.33. The minimum Gasteiger partial charge on any atom is -0.282 e. The van der Waals surface area contributed by atoms with Crippen LogP contribution in [0.15, 0.2) is 30.3 Å². The van der Waals surface area contributed by atoms with E-state index in [1.807, 2.05) is 4.72 Å². The molecule has 0 fully saturated rings. The maximum Gasteiger partial charge on any atom is 0.391 e. The Morgan fingerprint density at radius 3 is 1.90 bits per heavy atom. The maximum atomic E-state index is 12.6. The molecule has 1 atom stereocenters. The number of anilines is 1. The van der Waals surface area contributed by atoms with Gasteiger partial charge in [0.2, 0.25) is 0 Å². The second-order valence-electron chi connectivity index (χ2n) is 4.67. The van der Waals surface area contributed by atoms with Crippen LogP contribution in [0.2, 0.25) is 0 Å². The number of hydrogen-bond donors (Lipinski definition) is 1. The Kier molecular flexibility index (Phi) is 4.64. The summed E-state index contributed by atoms with van der Waals surface area (Å²) in [6.07, 6.45) is -6.49. The number of benzene rings is 1. The lowest BCUT2D eigenvalue weighted by molar-refractivity contribution is -0.136. The van der Waals surface area contributed by atoms with Crippen molar-refractivity contribution in [3.05, 3.63) is 30.3 Å². The number of rotatable bonds is 5. The predicted molar refractivity (Wildman–Crippen MR) is 72.9 cm³/mol. The third-order valence-electron chi connectivity index (χ3n) is 2.90. The van der Waals surface area contributed by atoms with Crippen LogP contribution in [0, 0.1) is 0 Å². The zero-order valence-electron chi connectivity index (χ0n) is 11.2. The molecule has 0 aliphatic heterocycles. The molecule has 5 nitrogen and oxygen atoms in total. The van der Waals surface area contributed by atoms with Crippen molar-refractivity contribution in [1.82, 2.24) is 0 Å². The van der Waals surface area contributed by atoms with Gasteiger partial charge in [0.15, 0.2) is 13.9 Å². The van der Waals surface area contributed by atoms with E-state index in [1.54, 1.807) is 6.07 Å². The molecule has 0 radical (unpaired) electrons. The molecular weight excluding hydrogens is 331 g/mol. The molecule has 0 spiro atoms. The first-order valence-corrected chi connectivity index (χ1v) is 9.00. The molecule has 0 saturated heterocycles. The smallest absolute Gasteiger partial charge is 0.282 e. The summed E-state index contributed by atoms with van der Waals surface area (Å²) in [6.45, 7) is 0.543. The van der Waals surface area contributed by atoms with Gasteiger partial charge in [-0.2, -0.15) is 13.2 Å². The molecule has 0 saturated carbocycles. The summed E-state index contributed by atoms with van der Waals surface area (Å²) in [4.78, 5) is 0. The van der Waals surface area contributed by atoms with Gasteiger partial charge in [-0.25, -0.2) is 16.8 Å². The molecule has 21 heavy (non-hydrogen) atoms. The number of nitrogens with one attached hydrogen (secondary N) is 1. The molecule has 120 valence electrons. The number of alkyl halides is 3. The van der Waals surface area contributed by atoms with Gasteiger partial charge in [-0.05, 0) is 19.1 Å². The third kappa shape index (κ3) is 4.10. The van der Waals surface area contributed by atoms with E-state index in [0.717, 1.165) is 0 Å². The zero-order chi connectivity index (χ0) is 16.5. The molecule has 0 heterocycles. The van der Waals surface area contributed by atoms with Crippen LogP contribution < -0.4 is 4.72 Å². The quantitative estimate of drug-likeness (QED) is 0.887. The Bertz CT molecular complexity index is 699. The number of para-hydroxylation sites is 1. The van der Waals surface area contributed by atoms with Gasteiger partial charge in [-0.15, -0.1) is 0 Å². The number of sulfone groups is 1. The van der Waals surface area contributed by atoms with Gasteiger partial charge in [-0.1, -0.05) is 18.2 Å². The van der Waals surface area contributed by atoms with Crippen LogP contribution in [0.3, 0.4) is 0 Å². The van der Waals surface area contributed by atoms with Crippen molar-refractivity contribution in [3.8, 4) is 0 Å². The van der Waals surface area contributed by atoms with Crippen molar-refractivity contribution < 1.29 is 30.0 Å². The lowest BCUT2D eigenvalue weighted by Gasteiger charge is -2.28. The summed E-state index contributed by atoms with van der Waals surface area (Å²) in [5, 5.41) is 0. The number of hydrogen-bond acceptors (Lipinski definition) is 4. The van der Waals surface area contributed by atoms with Crippen LogP contribution in [0.5, 0.6) is 0 Å². The van der Waals surface area contributed by atoms with Gasteiger partial charge in [0.25, 0.3) is 10.0 Å². The first-order valence-electron chi connectivity index (χ1n) is 5.62. The van der Waals surface area contributed by atoms with E-state index in [1.165, 1.54) is 24.3 Å². The fraction of sp³-hybridized carbons (Fsp3) is 0.455. The minimum atomic E-state index is -4.96. The Hall–Kier alpha value is -1.29. The number of halogens is 3. The van der Waals surface area contributed by atoms with Crippen LogP contribution >= 0.6 is 0 Å². The van der Waals surface area contributed by atoms with Crippen LogP contribution in [-0.2, 0) is 19.9 Å². The molecular formula is C11H14F3NO4S2. The summed E-state index contributed by atoms with van der Waals surface area (Å²) in [5.41, 5.74) is -0.0189. The molecule has 0 aliphatic rings. The summed E-state index contributed by atoms with van der Waals surface area (Å²) in [7, 11) is -9.37. The topological polar surface area (TPSA) is 80.3 Å². The maximum absolute atomic E-state index is 12.6. The lowest BCUT2D eigenvalue weighted by atomic mass is 10.3. The van der Waals surface area contributed by atoms with Crippen LogP contribution in [0.25, 0.3) is 0 Å². The standard InChI is InChI=1S/C11H14F3NO4S2/c1-10(20(2,16)17,8-11(12,13)14)21(18,19)15-9-6-4-3-5-7-9/h3-7,15H,8H2,1-2H3. The zero-order valence-corrected chi connectivity index (χ0v) is 12.8. The molecule has 0 aliphatic carbocycles. The number of sulfonamides is 1. The Morgan fingerprint density at radius 1 is 1.05 bits per heavy atom. The van der Waals surface area contributed by atoms with E-state index >= 15 is 0 Å². The van der Waals surface area contributed by atoms with E-state index in [0.29, 0.717) is 13.2 Å². The van der Waals surface area contributed by atoms with Gasteiger partial charge in [0.1, 0.15) is 0 Å². The Labute approximate surface area is 121 Å². The molecule has 1 aromatic rings.